The molecule has 142 valence electrons. The molecule has 1 fully saturated rings. The lowest BCUT2D eigenvalue weighted by molar-refractivity contribution is -0.125. The third kappa shape index (κ3) is 3.07. The Hall–Kier alpha value is -3.08. The van der Waals surface area contributed by atoms with Gasteiger partial charge >= 0.3 is 0 Å². The van der Waals surface area contributed by atoms with Crippen molar-refractivity contribution >= 4 is 22.5 Å². The molecule has 3 heterocycles. The van der Waals surface area contributed by atoms with Gasteiger partial charge in [0.1, 0.15) is 5.71 Å². The number of para-hydroxylation sites is 1. The fraction of sp³-hybridized carbons (Fsp3) is 0.304. The first-order valence-electron chi connectivity index (χ1n) is 9.92. The van der Waals surface area contributed by atoms with Gasteiger partial charge in [-0.05, 0) is 36.0 Å². The Balaban J connectivity index is 1.22. The van der Waals surface area contributed by atoms with Crippen molar-refractivity contribution in [3.05, 3.63) is 71.9 Å². The van der Waals surface area contributed by atoms with Gasteiger partial charge in [0, 0.05) is 36.6 Å². The molecule has 28 heavy (non-hydrogen) atoms. The van der Waals surface area contributed by atoms with Crippen LogP contribution in [0.2, 0.25) is 0 Å². The SMILES string of the molecule is O=C(C1=NOC(c2ccccc2)C1)N1CCC(c2c[nH]c3ccccc23)CC1. The van der Waals surface area contributed by atoms with Crippen LogP contribution < -0.4 is 0 Å². The molecule has 1 N–H and O–H groups in total. The molecule has 0 saturated carbocycles. The maximum Gasteiger partial charge on any atom is 0.271 e. The number of piperidine rings is 1. The van der Waals surface area contributed by atoms with Crippen LogP contribution in [0.3, 0.4) is 0 Å². The van der Waals surface area contributed by atoms with Crippen LogP contribution in [-0.4, -0.2) is 34.6 Å². The number of carbonyl (C=O) groups is 1. The van der Waals surface area contributed by atoms with Gasteiger partial charge in [-0.25, -0.2) is 0 Å². The number of H-pyrrole nitrogens is 1. The first kappa shape index (κ1) is 17.0. The predicted molar refractivity (Wildman–Crippen MR) is 109 cm³/mol. The van der Waals surface area contributed by atoms with E-state index in [0.717, 1.165) is 31.5 Å². The van der Waals surface area contributed by atoms with Crippen molar-refractivity contribution in [1.82, 2.24) is 9.88 Å². The average Bonchev–Trinajstić information content (AvgIpc) is 3.42. The molecule has 5 heteroatoms. The smallest absolute Gasteiger partial charge is 0.271 e. The van der Waals surface area contributed by atoms with Gasteiger partial charge in [-0.15, -0.1) is 0 Å². The van der Waals surface area contributed by atoms with E-state index in [1.54, 1.807) is 0 Å². The van der Waals surface area contributed by atoms with E-state index in [1.165, 1.54) is 16.5 Å². The van der Waals surface area contributed by atoms with Crippen molar-refractivity contribution in [2.45, 2.75) is 31.3 Å². The number of amides is 1. The molecule has 2 aromatic carbocycles. The Bertz CT molecular complexity index is 1020. The molecule has 0 bridgehead atoms. The number of hydrogen-bond acceptors (Lipinski definition) is 3. The van der Waals surface area contributed by atoms with Gasteiger partial charge in [-0.2, -0.15) is 0 Å². The number of oxime groups is 1. The zero-order chi connectivity index (χ0) is 18.9. The molecule has 3 aromatic rings. The number of nitrogens with zero attached hydrogens (tertiary/aromatic N) is 2. The molecule has 1 aromatic heterocycles. The average molecular weight is 373 g/mol. The molecule has 1 unspecified atom stereocenters. The summed E-state index contributed by atoms with van der Waals surface area (Å²) in [6, 6.07) is 18.4. The molecule has 0 aliphatic carbocycles. The summed E-state index contributed by atoms with van der Waals surface area (Å²) in [6.07, 6.45) is 4.48. The molecule has 2 aliphatic rings. The zero-order valence-corrected chi connectivity index (χ0v) is 15.7. The third-order valence-electron chi connectivity index (χ3n) is 5.93. The Morgan fingerprint density at radius 1 is 1.04 bits per heavy atom. The Kier molecular flexibility index (Phi) is 4.35. The van der Waals surface area contributed by atoms with Gasteiger partial charge in [-0.1, -0.05) is 53.7 Å². The summed E-state index contributed by atoms with van der Waals surface area (Å²) in [5.41, 5.74) is 4.15. The molecule has 1 atom stereocenters. The first-order valence-corrected chi connectivity index (χ1v) is 9.92. The van der Waals surface area contributed by atoms with E-state index >= 15 is 0 Å². The first-order chi connectivity index (χ1) is 13.8. The van der Waals surface area contributed by atoms with Crippen LogP contribution in [0.5, 0.6) is 0 Å². The van der Waals surface area contributed by atoms with Crippen molar-refractivity contribution in [2.75, 3.05) is 13.1 Å². The highest BCUT2D eigenvalue weighted by atomic mass is 16.6. The van der Waals surface area contributed by atoms with E-state index in [4.69, 9.17) is 4.84 Å². The second-order valence-corrected chi connectivity index (χ2v) is 7.60. The van der Waals surface area contributed by atoms with Gasteiger partial charge < -0.3 is 14.7 Å². The number of carbonyl (C=O) groups excluding carboxylic acids is 1. The molecule has 5 rings (SSSR count). The van der Waals surface area contributed by atoms with Crippen LogP contribution in [0.1, 0.15) is 42.4 Å². The zero-order valence-electron chi connectivity index (χ0n) is 15.7. The summed E-state index contributed by atoms with van der Waals surface area (Å²) in [6.45, 7) is 1.52. The number of benzene rings is 2. The molecule has 0 spiro atoms. The maximum atomic E-state index is 12.9. The summed E-state index contributed by atoms with van der Waals surface area (Å²) in [5, 5.41) is 5.40. The van der Waals surface area contributed by atoms with Crippen molar-refractivity contribution in [2.24, 2.45) is 5.16 Å². The largest absolute Gasteiger partial charge is 0.387 e. The highest BCUT2D eigenvalue weighted by Gasteiger charge is 2.32. The van der Waals surface area contributed by atoms with E-state index in [0.29, 0.717) is 18.1 Å². The lowest BCUT2D eigenvalue weighted by Gasteiger charge is -2.31. The number of likely N-dealkylation sites (tertiary alicyclic amines) is 1. The number of aromatic amines is 1. The number of fused-ring (bicyclic) bond motifs is 1. The van der Waals surface area contributed by atoms with Crippen molar-refractivity contribution in [1.29, 1.82) is 0 Å². The summed E-state index contributed by atoms with van der Waals surface area (Å²) in [7, 11) is 0. The number of hydrogen-bond donors (Lipinski definition) is 1. The molecule has 5 nitrogen and oxygen atoms in total. The van der Waals surface area contributed by atoms with E-state index in [9.17, 15) is 4.79 Å². The van der Waals surface area contributed by atoms with Gasteiger partial charge in [-0.3, -0.25) is 4.79 Å². The number of aromatic nitrogens is 1. The molecular formula is C23H23N3O2. The van der Waals surface area contributed by atoms with Crippen molar-refractivity contribution in [3.63, 3.8) is 0 Å². The second kappa shape index (κ2) is 7.15. The predicted octanol–water partition coefficient (Wildman–Crippen LogP) is 4.39. The van der Waals surface area contributed by atoms with Crippen LogP contribution in [-0.2, 0) is 9.63 Å². The number of nitrogens with one attached hydrogen (secondary N) is 1. The third-order valence-corrected chi connectivity index (χ3v) is 5.93. The van der Waals surface area contributed by atoms with Gasteiger partial charge in [0.05, 0.1) is 0 Å². The monoisotopic (exact) mass is 373 g/mol. The minimum absolute atomic E-state index is 0.0239. The quantitative estimate of drug-likeness (QED) is 0.740. The lowest BCUT2D eigenvalue weighted by Crippen LogP contribution is -2.41. The Morgan fingerprint density at radius 3 is 2.61 bits per heavy atom. The standard InChI is InChI=1S/C23H23N3O2/c27-23(21-14-22(28-25-21)17-6-2-1-3-7-17)26-12-10-16(11-13-26)19-15-24-20-9-5-4-8-18(19)20/h1-9,15-16,22,24H,10-14H2. The van der Waals surface area contributed by atoms with Crippen LogP contribution in [0.15, 0.2) is 65.9 Å². The molecule has 2 aliphatic heterocycles. The van der Waals surface area contributed by atoms with E-state index in [-0.39, 0.29) is 12.0 Å². The molecule has 0 radical (unpaired) electrons. The van der Waals surface area contributed by atoms with E-state index in [1.807, 2.05) is 35.2 Å². The summed E-state index contributed by atoms with van der Waals surface area (Å²) in [4.78, 5) is 23.7. The summed E-state index contributed by atoms with van der Waals surface area (Å²) in [5.74, 6) is 0.509. The minimum atomic E-state index is -0.149. The van der Waals surface area contributed by atoms with Crippen molar-refractivity contribution in [3.8, 4) is 0 Å². The van der Waals surface area contributed by atoms with Crippen LogP contribution in [0.25, 0.3) is 10.9 Å². The van der Waals surface area contributed by atoms with Crippen LogP contribution in [0, 0.1) is 0 Å². The summed E-state index contributed by atoms with van der Waals surface area (Å²) < 4.78 is 0. The topological polar surface area (TPSA) is 57.7 Å². The Labute approximate surface area is 164 Å². The minimum Gasteiger partial charge on any atom is -0.387 e. The second-order valence-electron chi connectivity index (χ2n) is 7.60. The van der Waals surface area contributed by atoms with Gasteiger partial charge in [0.15, 0.2) is 6.10 Å². The van der Waals surface area contributed by atoms with Crippen LogP contribution >= 0.6 is 0 Å². The van der Waals surface area contributed by atoms with Crippen molar-refractivity contribution < 1.29 is 9.63 Å². The Morgan fingerprint density at radius 2 is 1.79 bits per heavy atom. The normalized spacial score (nSPS) is 20.2. The van der Waals surface area contributed by atoms with Gasteiger partial charge in [0.2, 0.25) is 0 Å². The maximum absolute atomic E-state index is 12.9. The molecule has 1 saturated heterocycles. The van der Waals surface area contributed by atoms with E-state index in [2.05, 4.69) is 40.6 Å². The fourth-order valence-electron chi connectivity index (χ4n) is 4.36. The highest BCUT2D eigenvalue weighted by Crippen LogP contribution is 2.34. The van der Waals surface area contributed by atoms with E-state index < -0.39 is 0 Å². The van der Waals surface area contributed by atoms with Gasteiger partial charge in [0.25, 0.3) is 5.91 Å². The molecular weight excluding hydrogens is 350 g/mol. The van der Waals surface area contributed by atoms with Crippen LogP contribution in [0.4, 0.5) is 0 Å². The fourth-order valence-corrected chi connectivity index (χ4v) is 4.36. The summed E-state index contributed by atoms with van der Waals surface area (Å²) >= 11 is 0. The molecule has 1 amide bonds. The number of rotatable bonds is 3. The highest BCUT2D eigenvalue weighted by molar-refractivity contribution is 6.39. The lowest BCUT2D eigenvalue weighted by atomic mass is 9.89.